The number of hydrazine groups is 1. The number of hydrogen-bond acceptors (Lipinski definition) is 4. The Bertz CT molecular complexity index is 421. The molecule has 0 saturated heterocycles. The van der Waals surface area contributed by atoms with Crippen LogP contribution in [-0.2, 0) is 0 Å². The molecule has 0 aromatic heterocycles. The predicted octanol–water partition coefficient (Wildman–Crippen LogP) is 2.69. The van der Waals surface area contributed by atoms with Crippen LogP contribution < -0.4 is 16.1 Å². The SMILES string of the molecule is C/C=C(\C)C(CCN(C)N)Nc1ccc(N(C)C)cc1. The predicted molar refractivity (Wildman–Crippen MR) is 89.0 cm³/mol. The molecule has 0 bridgehead atoms. The lowest BCUT2D eigenvalue weighted by atomic mass is 10.0. The molecule has 20 heavy (non-hydrogen) atoms. The second-order valence-corrected chi connectivity index (χ2v) is 5.44. The van der Waals surface area contributed by atoms with Crippen molar-refractivity contribution in [2.45, 2.75) is 26.3 Å². The Kier molecular flexibility index (Phi) is 6.55. The summed E-state index contributed by atoms with van der Waals surface area (Å²) in [6.07, 6.45) is 3.14. The highest BCUT2D eigenvalue weighted by molar-refractivity contribution is 5.55. The minimum atomic E-state index is 0.316. The maximum atomic E-state index is 5.71. The Morgan fingerprint density at radius 1 is 1.25 bits per heavy atom. The van der Waals surface area contributed by atoms with Crippen LogP contribution in [0.5, 0.6) is 0 Å². The quantitative estimate of drug-likeness (QED) is 0.456. The summed E-state index contributed by atoms with van der Waals surface area (Å²) in [6.45, 7) is 5.09. The monoisotopic (exact) mass is 276 g/mol. The zero-order valence-electron chi connectivity index (χ0n) is 13.4. The number of anilines is 2. The largest absolute Gasteiger partial charge is 0.379 e. The van der Waals surface area contributed by atoms with Gasteiger partial charge in [-0.15, -0.1) is 0 Å². The Morgan fingerprint density at radius 3 is 2.30 bits per heavy atom. The molecule has 1 unspecified atom stereocenters. The first-order chi connectivity index (χ1) is 9.43. The van der Waals surface area contributed by atoms with Gasteiger partial charge in [0.1, 0.15) is 0 Å². The number of allylic oxidation sites excluding steroid dienone is 1. The summed E-state index contributed by atoms with van der Waals surface area (Å²) in [6, 6.07) is 8.81. The Hall–Kier alpha value is -1.52. The van der Waals surface area contributed by atoms with Gasteiger partial charge in [-0.2, -0.15) is 0 Å². The molecule has 0 radical (unpaired) electrons. The van der Waals surface area contributed by atoms with Gasteiger partial charge in [-0.25, -0.2) is 0 Å². The molecule has 0 fully saturated rings. The maximum Gasteiger partial charge on any atom is 0.0483 e. The highest BCUT2D eigenvalue weighted by atomic mass is 15.4. The Morgan fingerprint density at radius 2 is 1.85 bits per heavy atom. The molecule has 1 aromatic carbocycles. The lowest BCUT2D eigenvalue weighted by Gasteiger charge is -2.23. The van der Waals surface area contributed by atoms with Gasteiger partial charge in [-0.3, -0.25) is 10.9 Å². The minimum Gasteiger partial charge on any atom is -0.379 e. The van der Waals surface area contributed by atoms with Crippen LogP contribution >= 0.6 is 0 Å². The topological polar surface area (TPSA) is 44.5 Å². The molecule has 112 valence electrons. The second kappa shape index (κ2) is 7.92. The van der Waals surface area contributed by atoms with Crippen LogP contribution in [0.1, 0.15) is 20.3 Å². The van der Waals surface area contributed by atoms with Gasteiger partial charge in [0.2, 0.25) is 0 Å². The molecule has 0 aliphatic carbocycles. The maximum absolute atomic E-state index is 5.71. The third-order valence-electron chi connectivity index (χ3n) is 3.50. The fourth-order valence-electron chi connectivity index (χ4n) is 2.00. The summed E-state index contributed by atoms with van der Waals surface area (Å²) >= 11 is 0. The van der Waals surface area contributed by atoms with Crippen molar-refractivity contribution in [3.8, 4) is 0 Å². The van der Waals surface area contributed by atoms with E-state index >= 15 is 0 Å². The van der Waals surface area contributed by atoms with Crippen LogP contribution in [0.15, 0.2) is 35.9 Å². The van der Waals surface area contributed by atoms with Crippen molar-refractivity contribution in [1.29, 1.82) is 0 Å². The zero-order valence-corrected chi connectivity index (χ0v) is 13.4. The Labute approximate surface area is 123 Å². The molecule has 1 rings (SSSR count). The number of hydrogen-bond donors (Lipinski definition) is 2. The molecule has 1 atom stereocenters. The van der Waals surface area contributed by atoms with Crippen LogP contribution in [0.4, 0.5) is 11.4 Å². The summed E-state index contributed by atoms with van der Waals surface area (Å²) in [5, 5.41) is 5.31. The summed E-state index contributed by atoms with van der Waals surface area (Å²) in [4.78, 5) is 2.10. The smallest absolute Gasteiger partial charge is 0.0483 e. The summed E-state index contributed by atoms with van der Waals surface area (Å²) in [5.74, 6) is 5.71. The van der Waals surface area contributed by atoms with Gasteiger partial charge in [0.25, 0.3) is 0 Å². The molecular formula is C16H28N4. The van der Waals surface area contributed by atoms with Crippen molar-refractivity contribution < 1.29 is 0 Å². The van der Waals surface area contributed by atoms with Crippen LogP contribution in [0.25, 0.3) is 0 Å². The molecule has 0 saturated carbocycles. The van der Waals surface area contributed by atoms with Crippen molar-refractivity contribution in [1.82, 2.24) is 5.01 Å². The van der Waals surface area contributed by atoms with Gasteiger partial charge in [0.05, 0.1) is 0 Å². The first-order valence-electron chi connectivity index (χ1n) is 7.06. The number of benzene rings is 1. The fraction of sp³-hybridized carbons (Fsp3) is 0.500. The molecule has 3 N–H and O–H groups in total. The fourth-order valence-corrected chi connectivity index (χ4v) is 2.00. The number of nitrogens with one attached hydrogen (secondary N) is 1. The number of nitrogens with two attached hydrogens (primary N) is 1. The minimum absolute atomic E-state index is 0.316. The summed E-state index contributed by atoms with van der Waals surface area (Å²) < 4.78 is 0. The van der Waals surface area contributed by atoms with Gasteiger partial charge < -0.3 is 10.2 Å². The van der Waals surface area contributed by atoms with Crippen molar-refractivity contribution in [2.75, 3.05) is 37.9 Å². The van der Waals surface area contributed by atoms with E-state index in [4.69, 9.17) is 5.84 Å². The number of rotatable bonds is 7. The lowest BCUT2D eigenvalue weighted by Crippen LogP contribution is -2.32. The summed E-state index contributed by atoms with van der Waals surface area (Å²) in [5.41, 5.74) is 3.68. The average Bonchev–Trinajstić information content (AvgIpc) is 2.42. The number of nitrogens with zero attached hydrogens (tertiary/aromatic N) is 2. The van der Waals surface area contributed by atoms with Crippen LogP contribution in [0.3, 0.4) is 0 Å². The van der Waals surface area contributed by atoms with E-state index in [9.17, 15) is 0 Å². The first-order valence-corrected chi connectivity index (χ1v) is 7.06. The third kappa shape index (κ3) is 5.23. The van der Waals surface area contributed by atoms with Crippen molar-refractivity contribution >= 4 is 11.4 Å². The second-order valence-electron chi connectivity index (χ2n) is 5.44. The van der Waals surface area contributed by atoms with E-state index in [1.807, 2.05) is 21.1 Å². The van der Waals surface area contributed by atoms with E-state index in [0.29, 0.717) is 6.04 Å². The Balaban J connectivity index is 2.73. The van der Waals surface area contributed by atoms with Crippen LogP contribution in [0.2, 0.25) is 0 Å². The lowest BCUT2D eigenvalue weighted by molar-refractivity contribution is 0.339. The molecular weight excluding hydrogens is 248 g/mol. The normalized spacial score (nSPS) is 13.4. The van der Waals surface area contributed by atoms with Crippen molar-refractivity contribution in [2.24, 2.45) is 5.84 Å². The zero-order chi connectivity index (χ0) is 15.1. The average molecular weight is 276 g/mol. The van der Waals surface area contributed by atoms with Gasteiger partial charge in [-0.1, -0.05) is 11.6 Å². The van der Waals surface area contributed by atoms with Crippen molar-refractivity contribution in [3.63, 3.8) is 0 Å². The van der Waals surface area contributed by atoms with Crippen molar-refractivity contribution in [3.05, 3.63) is 35.9 Å². The standard InChI is InChI=1S/C16H28N4/c1-6-13(2)16(11-12-20(5)17)18-14-7-9-15(10-8-14)19(3)4/h6-10,16,18H,11-12,17H2,1-5H3/b13-6+. The molecule has 0 heterocycles. The van der Waals surface area contributed by atoms with Gasteiger partial charge in [-0.05, 0) is 44.5 Å². The van der Waals surface area contributed by atoms with E-state index < -0.39 is 0 Å². The van der Waals surface area contributed by atoms with E-state index in [-0.39, 0.29) is 0 Å². The van der Waals surface area contributed by atoms with E-state index in [1.54, 1.807) is 5.01 Å². The van der Waals surface area contributed by atoms with E-state index in [2.05, 4.69) is 54.4 Å². The van der Waals surface area contributed by atoms with Gasteiger partial charge in [0, 0.05) is 45.1 Å². The summed E-state index contributed by atoms with van der Waals surface area (Å²) in [7, 11) is 5.99. The molecule has 0 aliphatic heterocycles. The molecule has 0 spiro atoms. The van der Waals surface area contributed by atoms with E-state index in [0.717, 1.165) is 18.7 Å². The highest BCUT2D eigenvalue weighted by Gasteiger charge is 2.11. The molecule has 4 heteroatoms. The first kappa shape index (κ1) is 16.5. The molecule has 0 amide bonds. The van der Waals surface area contributed by atoms with E-state index in [1.165, 1.54) is 11.3 Å². The van der Waals surface area contributed by atoms with Gasteiger partial charge in [0.15, 0.2) is 0 Å². The molecule has 1 aromatic rings. The van der Waals surface area contributed by atoms with Crippen LogP contribution in [0, 0.1) is 0 Å². The molecule has 4 nitrogen and oxygen atoms in total. The van der Waals surface area contributed by atoms with Gasteiger partial charge >= 0.3 is 0 Å². The molecule has 0 aliphatic rings. The van der Waals surface area contributed by atoms with Crippen LogP contribution in [-0.4, -0.2) is 38.7 Å². The highest BCUT2D eigenvalue weighted by Crippen LogP contribution is 2.19. The third-order valence-corrected chi connectivity index (χ3v) is 3.50.